The number of rotatable bonds is 4. The third-order valence-corrected chi connectivity index (χ3v) is 4.15. The average molecular weight is 292 g/mol. The van der Waals surface area contributed by atoms with E-state index in [9.17, 15) is 5.11 Å². The van der Waals surface area contributed by atoms with E-state index in [0.29, 0.717) is 11.4 Å². The Morgan fingerprint density at radius 1 is 1.30 bits per heavy atom. The Bertz CT molecular complexity index is 584. The molecule has 0 bridgehead atoms. The Labute approximate surface area is 123 Å². The maximum atomic E-state index is 10.3. The maximum absolute atomic E-state index is 10.3. The van der Waals surface area contributed by atoms with Crippen molar-refractivity contribution in [2.45, 2.75) is 25.6 Å². The summed E-state index contributed by atoms with van der Waals surface area (Å²) >= 11 is 6.11. The molecule has 3 rings (SSSR count). The Morgan fingerprint density at radius 3 is 3.00 bits per heavy atom. The van der Waals surface area contributed by atoms with Crippen molar-refractivity contribution in [3.05, 3.63) is 53.1 Å². The van der Waals surface area contributed by atoms with Gasteiger partial charge in [-0.05, 0) is 18.1 Å². The van der Waals surface area contributed by atoms with Crippen LogP contribution in [0.3, 0.4) is 0 Å². The van der Waals surface area contributed by atoms with Crippen LogP contribution in [-0.2, 0) is 13.1 Å². The number of halogens is 1. The molecule has 0 fully saturated rings. The van der Waals surface area contributed by atoms with Crippen LogP contribution in [0, 0.1) is 0 Å². The van der Waals surface area contributed by atoms with Crippen LogP contribution in [0.4, 0.5) is 0 Å². The van der Waals surface area contributed by atoms with Gasteiger partial charge >= 0.3 is 0 Å². The van der Waals surface area contributed by atoms with Crippen LogP contribution < -0.4 is 0 Å². The van der Waals surface area contributed by atoms with Crippen LogP contribution in [-0.4, -0.2) is 32.6 Å². The lowest BCUT2D eigenvalue weighted by molar-refractivity contribution is 0.130. The third-order valence-electron chi connectivity index (χ3n) is 3.81. The number of hydrogen-bond acceptors (Lipinski definition) is 3. The lowest BCUT2D eigenvalue weighted by Gasteiger charge is -2.28. The molecule has 0 amide bonds. The van der Waals surface area contributed by atoms with Crippen LogP contribution in [0.5, 0.6) is 0 Å². The normalized spacial score (nSPS) is 16.9. The van der Waals surface area contributed by atoms with Gasteiger partial charge in [0.1, 0.15) is 5.82 Å². The van der Waals surface area contributed by atoms with E-state index in [2.05, 4.69) is 14.5 Å². The van der Waals surface area contributed by atoms with Crippen LogP contribution >= 0.6 is 11.6 Å². The third kappa shape index (κ3) is 2.87. The molecule has 0 saturated heterocycles. The van der Waals surface area contributed by atoms with Gasteiger partial charge in [-0.1, -0.05) is 29.8 Å². The number of imidazole rings is 1. The van der Waals surface area contributed by atoms with Crippen molar-refractivity contribution in [3.63, 3.8) is 0 Å². The SMILES string of the molecule is OC(CCN1CCn2ccnc2C1)c1ccccc1Cl. The molecule has 0 aliphatic carbocycles. The highest BCUT2D eigenvalue weighted by atomic mass is 35.5. The second-order valence-electron chi connectivity index (χ2n) is 5.14. The Morgan fingerprint density at radius 2 is 2.15 bits per heavy atom. The Kier molecular flexibility index (Phi) is 4.05. The summed E-state index contributed by atoms with van der Waals surface area (Å²) in [5.74, 6) is 1.10. The van der Waals surface area contributed by atoms with Gasteiger partial charge in [0, 0.05) is 37.1 Å². The summed E-state index contributed by atoms with van der Waals surface area (Å²) in [7, 11) is 0. The number of aromatic nitrogens is 2. The highest BCUT2D eigenvalue weighted by Gasteiger charge is 2.18. The summed E-state index contributed by atoms with van der Waals surface area (Å²) in [5.41, 5.74) is 0.813. The van der Waals surface area contributed by atoms with Crippen LogP contribution in [0.15, 0.2) is 36.7 Å². The largest absolute Gasteiger partial charge is 0.388 e. The summed E-state index contributed by atoms with van der Waals surface area (Å²) in [6.45, 7) is 3.66. The van der Waals surface area contributed by atoms with Crippen molar-refractivity contribution in [3.8, 4) is 0 Å². The predicted molar refractivity (Wildman–Crippen MR) is 78.5 cm³/mol. The topological polar surface area (TPSA) is 41.3 Å². The smallest absolute Gasteiger partial charge is 0.122 e. The molecular weight excluding hydrogens is 274 g/mol. The van der Waals surface area contributed by atoms with E-state index in [-0.39, 0.29) is 0 Å². The molecule has 0 spiro atoms. The molecule has 1 aliphatic heterocycles. The molecule has 20 heavy (non-hydrogen) atoms. The Hall–Kier alpha value is -1.36. The number of aliphatic hydroxyl groups is 1. The van der Waals surface area contributed by atoms with E-state index < -0.39 is 6.10 Å². The minimum absolute atomic E-state index is 0.509. The minimum Gasteiger partial charge on any atom is -0.388 e. The monoisotopic (exact) mass is 291 g/mol. The first kappa shape index (κ1) is 13.6. The van der Waals surface area contributed by atoms with Gasteiger partial charge in [0.25, 0.3) is 0 Å². The van der Waals surface area contributed by atoms with Crippen molar-refractivity contribution in [1.29, 1.82) is 0 Å². The van der Waals surface area contributed by atoms with E-state index in [1.165, 1.54) is 0 Å². The van der Waals surface area contributed by atoms with E-state index in [1.807, 2.05) is 36.7 Å². The molecule has 1 aromatic carbocycles. The fourth-order valence-electron chi connectivity index (χ4n) is 2.62. The fraction of sp³-hybridized carbons (Fsp3) is 0.400. The summed E-state index contributed by atoms with van der Waals surface area (Å²) in [6.07, 6.45) is 4.04. The number of nitrogens with zero attached hydrogens (tertiary/aromatic N) is 3. The molecule has 1 unspecified atom stereocenters. The quantitative estimate of drug-likeness (QED) is 0.941. The van der Waals surface area contributed by atoms with E-state index in [1.54, 1.807) is 0 Å². The minimum atomic E-state index is -0.509. The molecule has 0 radical (unpaired) electrons. The average Bonchev–Trinajstić information content (AvgIpc) is 2.92. The molecule has 106 valence electrons. The first-order valence-corrected chi connectivity index (χ1v) is 7.26. The molecule has 1 N–H and O–H groups in total. The van der Waals surface area contributed by atoms with Gasteiger partial charge in [0.15, 0.2) is 0 Å². The van der Waals surface area contributed by atoms with Crippen molar-refractivity contribution in [2.75, 3.05) is 13.1 Å². The van der Waals surface area contributed by atoms with Crippen LogP contribution in [0.2, 0.25) is 5.02 Å². The molecule has 0 saturated carbocycles. The molecule has 2 heterocycles. The van der Waals surface area contributed by atoms with Gasteiger partial charge in [-0.25, -0.2) is 4.98 Å². The summed E-state index contributed by atoms with van der Waals surface area (Å²) < 4.78 is 2.18. The predicted octanol–water partition coefficient (Wildman–Crippen LogP) is 2.48. The van der Waals surface area contributed by atoms with Gasteiger partial charge in [-0.3, -0.25) is 4.90 Å². The number of benzene rings is 1. The molecule has 4 nitrogen and oxygen atoms in total. The van der Waals surface area contributed by atoms with Gasteiger partial charge in [-0.2, -0.15) is 0 Å². The first-order valence-electron chi connectivity index (χ1n) is 6.89. The number of hydrogen-bond donors (Lipinski definition) is 1. The van der Waals surface area contributed by atoms with E-state index in [4.69, 9.17) is 11.6 Å². The molecule has 1 aliphatic rings. The van der Waals surface area contributed by atoms with Crippen molar-refractivity contribution in [1.82, 2.24) is 14.5 Å². The maximum Gasteiger partial charge on any atom is 0.122 e. The van der Waals surface area contributed by atoms with Crippen LogP contribution in [0.25, 0.3) is 0 Å². The lowest BCUT2D eigenvalue weighted by Crippen LogP contribution is -2.34. The van der Waals surface area contributed by atoms with Crippen LogP contribution in [0.1, 0.15) is 23.9 Å². The van der Waals surface area contributed by atoms with Crippen molar-refractivity contribution < 1.29 is 5.11 Å². The second-order valence-corrected chi connectivity index (χ2v) is 5.55. The molecular formula is C15H18ClN3O. The summed E-state index contributed by atoms with van der Waals surface area (Å²) in [4.78, 5) is 6.67. The number of fused-ring (bicyclic) bond motifs is 1. The van der Waals surface area contributed by atoms with Gasteiger partial charge in [0.2, 0.25) is 0 Å². The molecule has 2 aromatic rings. The highest BCUT2D eigenvalue weighted by Crippen LogP contribution is 2.25. The van der Waals surface area contributed by atoms with Gasteiger partial charge in [0.05, 0.1) is 12.6 Å². The van der Waals surface area contributed by atoms with E-state index >= 15 is 0 Å². The first-order chi connectivity index (χ1) is 9.74. The summed E-state index contributed by atoms with van der Waals surface area (Å²) in [5, 5.41) is 10.9. The van der Waals surface area contributed by atoms with Gasteiger partial charge < -0.3 is 9.67 Å². The fourth-order valence-corrected chi connectivity index (χ4v) is 2.88. The van der Waals surface area contributed by atoms with Crippen molar-refractivity contribution in [2.24, 2.45) is 0 Å². The zero-order chi connectivity index (χ0) is 13.9. The second kappa shape index (κ2) is 5.95. The number of aliphatic hydroxyl groups excluding tert-OH is 1. The molecule has 1 atom stereocenters. The zero-order valence-corrected chi connectivity index (χ0v) is 12.0. The van der Waals surface area contributed by atoms with Crippen molar-refractivity contribution >= 4 is 11.6 Å². The van der Waals surface area contributed by atoms with E-state index in [0.717, 1.165) is 37.6 Å². The molecule has 1 aromatic heterocycles. The molecule has 5 heteroatoms. The van der Waals surface area contributed by atoms with Gasteiger partial charge in [-0.15, -0.1) is 0 Å². The zero-order valence-electron chi connectivity index (χ0n) is 11.2. The highest BCUT2D eigenvalue weighted by molar-refractivity contribution is 6.31. The lowest BCUT2D eigenvalue weighted by atomic mass is 10.1. The Balaban J connectivity index is 1.57. The standard InChI is InChI=1S/C15H18ClN3O/c16-13-4-2-1-3-12(13)14(20)5-7-18-9-10-19-8-6-17-15(19)11-18/h1-4,6,8,14,20H,5,7,9-11H2. The summed E-state index contributed by atoms with van der Waals surface area (Å²) in [6, 6.07) is 7.48.